The van der Waals surface area contributed by atoms with Gasteiger partial charge in [-0.25, -0.2) is 0 Å². The summed E-state index contributed by atoms with van der Waals surface area (Å²) in [5, 5.41) is 4.44. The Balaban J connectivity index is 2.92. The number of hydrogen-bond acceptors (Lipinski definition) is 3. The van der Waals surface area contributed by atoms with Gasteiger partial charge in [0.1, 0.15) is 5.69 Å². The molecule has 0 amide bonds. The number of methoxy groups -OCH3 is 1. The summed E-state index contributed by atoms with van der Waals surface area (Å²) in [4.78, 5) is 12.1. The first-order valence-electron chi connectivity index (χ1n) is 5.21. The maximum absolute atomic E-state index is 12.1. The Morgan fingerprint density at radius 3 is 2.75 bits per heavy atom. The quantitative estimate of drug-likeness (QED) is 0.748. The number of hydrogen-bond donors (Lipinski definition) is 0. The molecule has 0 aromatic carbocycles. The van der Waals surface area contributed by atoms with Crippen LogP contribution in [0, 0.1) is 0 Å². The van der Waals surface area contributed by atoms with Crippen LogP contribution in [0.3, 0.4) is 0 Å². The van der Waals surface area contributed by atoms with Crippen molar-refractivity contribution in [3.63, 3.8) is 0 Å². The van der Waals surface area contributed by atoms with Gasteiger partial charge in [0.15, 0.2) is 5.78 Å². The maximum atomic E-state index is 12.1. The molecular weight excluding hydrogens is 228 g/mol. The van der Waals surface area contributed by atoms with E-state index in [1.807, 2.05) is 20.8 Å². The van der Waals surface area contributed by atoms with Crippen molar-refractivity contribution in [2.45, 2.75) is 39.3 Å². The van der Waals surface area contributed by atoms with E-state index in [9.17, 15) is 4.79 Å². The molecule has 0 radical (unpaired) electrons. The smallest absolute Gasteiger partial charge is 0.185 e. The fourth-order valence-corrected chi connectivity index (χ4v) is 1.67. The zero-order chi connectivity index (χ0) is 12.3. The maximum Gasteiger partial charge on any atom is 0.185 e. The standard InChI is InChI=1S/C11H17ClN2O2/c1-5-14-10(8(12)7-13-14)9(15)6-11(2,3)16-4/h7H,5-6H2,1-4H3. The third kappa shape index (κ3) is 2.83. The van der Waals surface area contributed by atoms with E-state index in [-0.39, 0.29) is 12.2 Å². The van der Waals surface area contributed by atoms with E-state index in [2.05, 4.69) is 5.10 Å². The van der Waals surface area contributed by atoms with Gasteiger partial charge in [-0.15, -0.1) is 0 Å². The van der Waals surface area contributed by atoms with Gasteiger partial charge < -0.3 is 4.74 Å². The van der Waals surface area contributed by atoms with E-state index >= 15 is 0 Å². The number of aromatic nitrogens is 2. The van der Waals surface area contributed by atoms with Gasteiger partial charge in [0.2, 0.25) is 0 Å². The van der Waals surface area contributed by atoms with Gasteiger partial charge >= 0.3 is 0 Å². The van der Waals surface area contributed by atoms with Crippen molar-refractivity contribution in [2.75, 3.05) is 7.11 Å². The van der Waals surface area contributed by atoms with Crippen LogP contribution in [-0.4, -0.2) is 28.3 Å². The van der Waals surface area contributed by atoms with Crippen LogP contribution in [0.5, 0.6) is 0 Å². The molecule has 0 atom stereocenters. The average molecular weight is 245 g/mol. The molecule has 0 aliphatic carbocycles. The number of ether oxygens (including phenoxy) is 1. The Morgan fingerprint density at radius 1 is 1.62 bits per heavy atom. The van der Waals surface area contributed by atoms with E-state index in [1.54, 1.807) is 11.8 Å². The molecular formula is C11H17ClN2O2. The fourth-order valence-electron chi connectivity index (χ4n) is 1.42. The van der Waals surface area contributed by atoms with Crippen LogP contribution in [0.15, 0.2) is 6.20 Å². The summed E-state index contributed by atoms with van der Waals surface area (Å²) in [6.07, 6.45) is 1.78. The van der Waals surface area contributed by atoms with E-state index in [0.717, 1.165) is 0 Å². The van der Waals surface area contributed by atoms with Crippen molar-refractivity contribution in [2.24, 2.45) is 0 Å². The average Bonchev–Trinajstić information content (AvgIpc) is 2.59. The zero-order valence-electron chi connectivity index (χ0n) is 10.1. The summed E-state index contributed by atoms with van der Waals surface area (Å²) in [5.74, 6) is -0.0452. The van der Waals surface area contributed by atoms with Gasteiger partial charge in [-0.2, -0.15) is 5.10 Å². The minimum absolute atomic E-state index is 0.0452. The molecule has 0 spiro atoms. The highest BCUT2D eigenvalue weighted by molar-refractivity contribution is 6.33. The second-order valence-electron chi connectivity index (χ2n) is 4.22. The Morgan fingerprint density at radius 2 is 2.25 bits per heavy atom. The molecule has 0 saturated carbocycles. The van der Waals surface area contributed by atoms with Crippen molar-refractivity contribution in [3.05, 3.63) is 16.9 Å². The Hall–Kier alpha value is -0.870. The summed E-state index contributed by atoms with van der Waals surface area (Å²) < 4.78 is 6.83. The lowest BCUT2D eigenvalue weighted by Crippen LogP contribution is -2.27. The first kappa shape index (κ1) is 13.2. The minimum atomic E-state index is -0.483. The second-order valence-corrected chi connectivity index (χ2v) is 4.63. The van der Waals surface area contributed by atoms with E-state index in [0.29, 0.717) is 17.3 Å². The molecule has 16 heavy (non-hydrogen) atoms. The number of halogens is 1. The predicted octanol–water partition coefficient (Wildman–Crippen LogP) is 2.55. The monoisotopic (exact) mass is 244 g/mol. The van der Waals surface area contributed by atoms with E-state index in [4.69, 9.17) is 16.3 Å². The van der Waals surface area contributed by atoms with Crippen LogP contribution in [-0.2, 0) is 11.3 Å². The molecule has 90 valence electrons. The molecule has 0 N–H and O–H groups in total. The molecule has 0 saturated heterocycles. The lowest BCUT2D eigenvalue weighted by molar-refractivity contribution is 0.0169. The summed E-state index contributed by atoms with van der Waals surface area (Å²) in [6, 6.07) is 0. The molecule has 0 aliphatic rings. The summed E-state index contributed by atoms with van der Waals surface area (Å²) in [7, 11) is 1.59. The number of ketones is 1. The highest BCUT2D eigenvalue weighted by Crippen LogP contribution is 2.22. The largest absolute Gasteiger partial charge is 0.378 e. The molecule has 0 bridgehead atoms. The highest BCUT2D eigenvalue weighted by atomic mass is 35.5. The SMILES string of the molecule is CCn1ncc(Cl)c1C(=O)CC(C)(C)OC. The van der Waals surface area contributed by atoms with Crippen LogP contribution in [0.25, 0.3) is 0 Å². The zero-order valence-corrected chi connectivity index (χ0v) is 10.8. The molecule has 0 aliphatic heterocycles. The number of rotatable bonds is 5. The molecule has 1 aromatic heterocycles. The van der Waals surface area contributed by atoms with Crippen LogP contribution < -0.4 is 0 Å². The molecule has 5 heteroatoms. The Bertz CT molecular complexity index is 385. The molecule has 0 fully saturated rings. The highest BCUT2D eigenvalue weighted by Gasteiger charge is 2.25. The molecule has 0 unspecified atom stereocenters. The van der Waals surface area contributed by atoms with Crippen molar-refractivity contribution in [3.8, 4) is 0 Å². The van der Waals surface area contributed by atoms with Gasteiger partial charge in [0.25, 0.3) is 0 Å². The van der Waals surface area contributed by atoms with Crippen LogP contribution in [0.1, 0.15) is 37.7 Å². The molecule has 4 nitrogen and oxygen atoms in total. The number of carbonyl (C=O) groups is 1. The Kier molecular flexibility index (Phi) is 4.10. The first-order chi connectivity index (χ1) is 7.41. The van der Waals surface area contributed by atoms with E-state index < -0.39 is 5.60 Å². The van der Waals surface area contributed by atoms with Crippen molar-refractivity contribution >= 4 is 17.4 Å². The molecule has 1 rings (SSSR count). The summed E-state index contributed by atoms with van der Waals surface area (Å²) in [5.41, 5.74) is -0.0159. The second kappa shape index (κ2) is 4.97. The fraction of sp³-hybridized carbons (Fsp3) is 0.636. The number of nitrogens with zero attached hydrogens (tertiary/aromatic N) is 2. The van der Waals surface area contributed by atoms with Gasteiger partial charge in [-0.1, -0.05) is 11.6 Å². The van der Waals surface area contributed by atoms with Crippen molar-refractivity contribution in [1.82, 2.24) is 9.78 Å². The third-order valence-electron chi connectivity index (χ3n) is 2.50. The molecule has 1 aromatic rings. The third-order valence-corrected chi connectivity index (χ3v) is 2.77. The minimum Gasteiger partial charge on any atom is -0.378 e. The van der Waals surface area contributed by atoms with Crippen molar-refractivity contribution < 1.29 is 9.53 Å². The van der Waals surface area contributed by atoms with Gasteiger partial charge in [0, 0.05) is 20.1 Å². The van der Waals surface area contributed by atoms with Gasteiger partial charge in [0.05, 0.1) is 16.8 Å². The van der Waals surface area contributed by atoms with E-state index in [1.165, 1.54) is 6.20 Å². The van der Waals surface area contributed by atoms with Crippen LogP contribution >= 0.6 is 11.6 Å². The van der Waals surface area contributed by atoms with Gasteiger partial charge in [-0.3, -0.25) is 9.48 Å². The number of Topliss-reactive ketones (excluding diaryl/α,β-unsaturated/α-hetero) is 1. The summed E-state index contributed by atoms with van der Waals surface area (Å²) in [6.45, 7) is 6.28. The van der Waals surface area contributed by atoms with Gasteiger partial charge in [-0.05, 0) is 20.8 Å². The van der Waals surface area contributed by atoms with Crippen LogP contribution in [0.4, 0.5) is 0 Å². The molecule has 1 heterocycles. The Labute approximate surface area is 101 Å². The lowest BCUT2D eigenvalue weighted by Gasteiger charge is -2.21. The first-order valence-corrected chi connectivity index (χ1v) is 5.58. The number of carbonyl (C=O) groups excluding carboxylic acids is 1. The predicted molar refractivity (Wildman–Crippen MR) is 62.9 cm³/mol. The van der Waals surface area contributed by atoms with Crippen LogP contribution in [0.2, 0.25) is 5.02 Å². The lowest BCUT2D eigenvalue weighted by atomic mass is 10.00. The normalized spacial score (nSPS) is 11.8. The topological polar surface area (TPSA) is 44.1 Å². The van der Waals surface area contributed by atoms with Crippen molar-refractivity contribution in [1.29, 1.82) is 0 Å². The number of aryl methyl sites for hydroxylation is 1. The summed E-state index contributed by atoms with van der Waals surface area (Å²) >= 11 is 5.95.